The van der Waals surface area contributed by atoms with E-state index in [2.05, 4.69) is 14.9 Å². The smallest absolute Gasteiger partial charge is 0.222 e. The fourth-order valence-corrected chi connectivity index (χ4v) is 2.01. The van der Waals surface area contributed by atoms with Gasteiger partial charge in [0.1, 0.15) is 5.82 Å². The van der Waals surface area contributed by atoms with Crippen LogP contribution in [0.2, 0.25) is 0 Å². The first-order chi connectivity index (χ1) is 8.20. The Hall–Kier alpha value is -1.65. The second-order valence-corrected chi connectivity index (χ2v) is 4.24. The number of nitrogens with zero attached hydrogens (tertiary/aromatic N) is 4. The first-order valence-electron chi connectivity index (χ1n) is 6.02. The van der Waals surface area contributed by atoms with Crippen LogP contribution in [0, 0.1) is 6.92 Å². The molecule has 1 saturated heterocycles. The lowest BCUT2D eigenvalue weighted by Gasteiger charge is -2.35. The molecule has 2 rings (SSSR count). The Kier molecular flexibility index (Phi) is 3.56. The summed E-state index contributed by atoms with van der Waals surface area (Å²) in [7, 11) is 0. The standard InChI is InChI=1S/C12H18N4O/c1-3-12(17)16-6-4-15(5-7-16)11-9-13-8-10(2)14-11/h8-9H,3-7H2,1-2H3. The number of carbonyl (C=O) groups excluding carboxylic acids is 1. The van der Waals surface area contributed by atoms with Gasteiger partial charge in [0.15, 0.2) is 0 Å². The van der Waals surface area contributed by atoms with Crippen LogP contribution in [0.3, 0.4) is 0 Å². The molecule has 1 amide bonds. The zero-order valence-electron chi connectivity index (χ0n) is 10.4. The average Bonchev–Trinajstić information content (AvgIpc) is 2.38. The van der Waals surface area contributed by atoms with E-state index in [0.29, 0.717) is 6.42 Å². The second-order valence-electron chi connectivity index (χ2n) is 4.24. The molecule has 0 radical (unpaired) electrons. The average molecular weight is 234 g/mol. The number of piperazine rings is 1. The highest BCUT2D eigenvalue weighted by Gasteiger charge is 2.20. The van der Waals surface area contributed by atoms with Crippen molar-refractivity contribution in [2.24, 2.45) is 0 Å². The van der Waals surface area contributed by atoms with E-state index < -0.39 is 0 Å². The summed E-state index contributed by atoms with van der Waals surface area (Å²) >= 11 is 0. The summed E-state index contributed by atoms with van der Waals surface area (Å²) in [6.07, 6.45) is 4.12. The molecule has 17 heavy (non-hydrogen) atoms. The Morgan fingerprint density at radius 2 is 2.00 bits per heavy atom. The first kappa shape index (κ1) is 11.8. The predicted molar refractivity (Wildman–Crippen MR) is 65.9 cm³/mol. The van der Waals surface area contributed by atoms with Crippen LogP contribution in [0.15, 0.2) is 12.4 Å². The fourth-order valence-electron chi connectivity index (χ4n) is 2.01. The molecule has 0 bridgehead atoms. The third-order valence-electron chi connectivity index (χ3n) is 3.00. The molecule has 0 atom stereocenters. The molecule has 1 aromatic heterocycles. The predicted octanol–water partition coefficient (Wildman–Crippen LogP) is 0.844. The monoisotopic (exact) mass is 234 g/mol. The van der Waals surface area contributed by atoms with E-state index in [0.717, 1.165) is 37.7 Å². The third kappa shape index (κ3) is 2.72. The molecule has 92 valence electrons. The summed E-state index contributed by atoms with van der Waals surface area (Å²) < 4.78 is 0. The quantitative estimate of drug-likeness (QED) is 0.761. The minimum absolute atomic E-state index is 0.236. The highest BCUT2D eigenvalue weighted by atomic mass is 16.2. The molecule has 0 aromatic carbocycles. The van der Waals surface area contributed by atoms with E-state index in [4.69, 9.17) is 0 Å². The van der Waals surface area contributed by atoms with Gasteiger partial charge in [-0.2, -0.15) is 0 Å². The number of aryl methyl sites for hydroxylation is 1. The van der Waals surface area contributed by atoms with E-state index in [1.807, 2.05) is 18.7 Å². The van der Waals surface area contributed by atoms with Gasteiger partial charge in [0.2, 0.25) is 5.91 Å². The zero-order valence-corrected chi connectivity index (χ0v) is 10.4. The normalized spacial score (nSPS) is 16.1. The van der Waals surface area contributed by atoms with Crippen molar-refractivity contribution in [3.63, 3.8) is 0 Å². The number of hydrogen-bond donors (Lipinski definition) is 0. The highest BCUT2D eigenvalue weighted by Crippen LogP contribution is 2.13. The Labute approximate surface area is 101 Å². The van der Waals surface area contributed by atoms with Crippen LogP contribution in [-0.2, 0) is 4.79 Å². The summed E-state index contributed by atoms with van der Waals surface area (Å²) in [4.78, 5) is 24.2. The molecule has 1 aromatic rings. The highest BCUT2D eigenvalue weighted by molar-refractivity contribution is 5.76. The molecule has 2 heterocycles. The van der Waals surface area contributed by atoms with Crippen LogP contribution in [-0.4, -0.2) is 47.0 Å². The van der Waals surface area contributed by atoms with E-state index >= 15 is 0 Å². The summed E-state index contributed by atoms with van der Waals surface area (Å²) in [6, 6.07) is 0. The molecule has 0 unspecified atom stereocenters. The molecule has 1 aliphatic rings. The number of amides is 1. The van der Waals surface area contributed by atoms with Gasteiger partial charge >= 0.3 is 0 Å². The van der Waals surface area contributed by atoms with Gasteiger partial charge in [0, 0.05) is 38.8 Å². The van der Waals surface area contributed by atoms with Crippen LogP contribution in [0.5, 0.6) is 0 Å². The van der Waals surface area contributed by atoms with Gasteiger partial charge < -0.3 is 9.80 Å². The van der Waals surface area contributed by atoms with E-state index in [9.17, 15) is 4.79 Å². The van der Waals surface area contributed by atoms with Crippen molar-refractivity contribution in [2.75, 3.05) is 31.1 Å². The Bertz CT molecular complexity index is 399. The van der Waals surface area contributed by atoms with Crippen LogP contribution >= 0.6 is 0 Å². The lowest BCUT2D eigenvalue weighted by Crippen LogP contribution is -2.48. The van der Waals surface area contributed by atoms with Gasteiger partial charge in [0.05, 0.1) is 11.9 Å². The maximum atomic E-state index is 11.5. The number of carbonyl (C=O) groups is 1. The van der Waals surface area contributed by atoms with Gasteiger partial charge in [-0.15, -0.1) is 0 Å². The molecular weight excluding hydrogens is 216 g/mol. The van der Waals surface area contributed by atoms with Gasteiger partial charge in [-0.1, -0.05) is 6.92 Å². The van der Waals surface area contributed by atoms with Crippen molar-refractivity contribution in [1.82, 2.24) is 14.9 Å². The Morgan fingerprint density at radius 3 is 2.59 bits per heavy atom. The van der Waals surface area contributed by atoms with Crippen molar-refractivity contribution >= 4 is 11.7 Å². The van der Waals surface area contributed by atoms with Crippen molar-refractivity contribution < 1.29 is 4.79 Å². The molecule has 0 saturated carbocycles. The minimum Gasteiger partial charge on any atom is -0.352 e. The van der Waals surface area contributed by atoms with Crippen LogP contribution in [0.4, 0.5) is 5.82 Å². The number of rotatable bonds is 2. The Balaban J connectivity index is 1.97. The maximum absolute atomic E-state index is 11.5. The number of aromatic nitrogens is 2. The van der Waals surface area contributed by atoms with Crippen LogP contribution in [0.1, 0.15) is 19.0 Å². The summed E-state index contributed by atoms with van der Waals surface area (Å²) in [5, 5.41) is 0. The number of hydrogen-bond acceptors (Lipinski definition) is 4. The SMILES string of the molecule is CCC(=O)N1CCN(c2cncc(C)n2)CC1. The van der Waals surface area contributed by atoms with Crippen LogP contribution in [0.25, 0.3) is 0 Å². The van der Waals surface area contributed by atoms with Gasteiger partial charge in [-0.3, -0.25) is 9.78 Å². The minimum atomic E-state index is 0.236. The molecule has 1 fully saturated rings. The van der Waals surface area contributed by atoms with Crippen molar-refractivity contribution in [1.29, 1.82) is 0 Å². The first-order valence-corrected chi connectivity index (χ1v) is 6.02. The van der Waals surface area contributed by atoms with E-state index in [-0.39, 0.29) is 5.91 Å². The summed E-state index contributed by atoms with van der Waals surface area (Å²) in [5.74, 6) is 1.15. The fraction of sp³-hybridized carbons (Fsp3) is 0.583. The molecule has 5 nitrogen and oxygen atoms in total. The largest absolute Gasteiger partial charge is 0.352 e. The summed E-state index contributed by atoms with van der Waals surface area (Å²) in [6.45, 7) is 7.08. The van der Waals surface area contributed by atoms with E-state index in [1.54, 1.807) is 12.4 Å². The lowest BCUT2D eigenvalue weighted by molar-refractivity contribution is -0.131. The third-order valence-corrected chi connectivity index (χ3v) is 3.00. The Morgan fingerprint density at radius 1 is 1.29 bits per heavy atom. The molecular formula is C12H18N4O. The molecule has 0 spiro atoms. The maximum Gasteiger partial charge on any atom is 0.222 e. The molecule has 0 N–H and O–H groups in total. The van der Waals surface area contributed by atoms with Gasteiger partial charge in [-0.25, -0.2) is 4.98 Å². The lowest BCUT2D eigenvalue weighted by atomic mass is 10.3. The van der Waals surface area contributed by atoms with E-state index in [1.165, 1.54) is 0 Å². The van der Waals surface area contributed by atoms with Gasteiger partial charge in [-0.05, 0) is 6.92 Å². The summed E-state index contributed by atoms with van der Waals surface area (Å²) in [5.41, 5.74) is 0.926. The van der Waals surface area contributed by atoms with Crippen molar-refractivity contribution in [2.45, 2.75) is 20.3 Å². The molecule has 5 heteroatoms. The zero-order chi connectivity index (χ0) is 12.3. The van der Waals surface area contributed by atoms with Crippen molar-refractivity contribution in [3.05, 3.63) is 18.1 Å². The van der Waals surface area contributed by atoms with Crippen LogP contribution < -0.4 is 4.90 Å². The number of anilines is 1. The van der Waals surface area contributed by atoms with Crippen molar-refractivity contribution in [3.8, 4) is 0 Å². The van der Waals surface area contributed by atoms with Gasteiger partial charge in [0.25, 0.3) is 0 Å². The second kappa shape index (κ2) is 5.12. The molecule has 0 aliphatic carbocycles. The topological polar surface area (TPSA) is 49.3 Å². The molecule has 1 aliphatic heterocycles.